The molecule has 1 aliphatic heterocycles. The Balaban J connectivity index is 1.45. The number of hydrogen-bond acceptors (Lipinski definition) is 2. The van der Waals surface area contributed by atoms with Crippen LogP contribution in [0.4, 0.5) is 4.39 Å². The van der Waals surface area contributed by atoms with E-state index in [0.717, 1.165) is 54.6 Å². The summed E-state index contributed by atoms with van der Waals surface area (Å²) in [7, 11) is 1.73. The van der Waals surface area contributed by atoms with Gasteiger partial charge in [0.1, 0.15) is 5.82 Å². The molecular formula is C24H31FN4O. The number of nitrogens with one attached hydrogen (secondary N) is 2. The van der Waals surface area contributed by atoms with Crippen molar-refractivity contribution in [1.82, 2.24) is 15.5 Å². The van der Waals surface area contributed by atoms with Crippen LogP contribution in [0.15, 0.2) is 47.5 Å². The molecule has 1 heterocycles. The van der Waals surface area contributed by atoms with Gasteiger partial charge in [0.2, 0.25) is 0 Å². The molecule has 2 N–H and O–H groups in total. The van der Waals surface area contributed by atoms with Crippen LogP contribution >= 0.6 is 0 Å². The second-order valence-corrected chi connectivity index (χ2v) is 7.72. The number of halogens is 1. The number of nitrogens with zero attached hydrogens (tertiary/aromatic N) is 2. The van der Waals surface area contributed by atoms with Gasteiger partial charge in [-0.1, -0.05) is 18.2 Å². The number of amides is 1. The first-order valence-electron chi connectivity index (χ1n) is 10.6. The number of carbonyl (C=O) groups is 1. The number of likely N-dealkylation sites (tertiary alicyclic amines) is 1. The number of guanidine groups is 1. The van der Waals surface area contributed by atoms with Gasteiger partial charge in [0, 0.05) is 38.8 Å². The fourth-order valence-corrected chi connectivity index (χ4v) is 3.71. The molecule has 1 amide bonds. The third-order valence-corrected chi connectivity index (χ3v) is 5.52. The van der Waals surface area contributed by atoms with Crippen LogP contribution in [0.1, 0.15) is 46.3 Å². The fraction of sp³-hybridized carbons (Fsp3) is 0.417. The van der Waals surface area contributed by atoms with E-state index in [0.29, 0.717) is 19.0 Å². The van der Waals surface area contributed by atoms with Crippen molar-refractivity contribution in [2.45, 2.75) is 39.2 Å². The number of carbonyl (C=O) groups excluding carboxylic acids is 1. The van der Waals surface area contributed by atoms with Gasteiger partial charge in [0.25, 0.3) is 5.91 Å². The maximum Gasteiger partial charge on any atom is 0.253 e. The van der Waals surface area contributed by atoms with Gasteiger partial charge in [-0.15, -0.1) is 0 Å². The lowest BCUT2D eigenvalue weighted by Crippen LogP contribution is -2.38. The van der Waals surface area contributed by atoms with E-state index < -0.39 is 0 Å². The van der Waals surface area contributed by atoms with Crippen LogP contribution in [0.2, 0.25) is 0 Å². The molecule has 3 rings (SSSR count). The first kappa shape index (κ1) is 21.8. The van der Waals surface area contributed by atoms with Gasteiger partial charge >= 0.3 is 0 Å². The summed E-state index contributed by atoms with van der Waals surface area (Å²) in [6.07, 6.45) is 4.20. The van der Waals surface area contributed by atoms with Crippen molar-refractivity contribution in [2.75, 3.05) is 26.7 Å². The molecule has 1 aliphatic rings. The van der Waals surface area contributed by atoms with Crippen LogP contribution < -0.4 is 10.6 Å². The summed E-state index contributed by atoms with van der Waals surface area (Å²) in [4.78, 5) is 18.8. The Morgan fingerprint density at radius 2 is 1.80 bits per heavy atom. The highest BCUT2D eigenvalue weighted by Gasteiger charge is 2.17. The highest BCUT2D eigenvalue weighted by atomic mass is 19.1. The smallest absolute Gasteiger partial charge is 0.253 e. The minimum Gasteiger partial charge on any atom is -0.356 e. The quantitative estimate of drug-likeness (QED) is 0.564. The van der Waals surface area contributed by atoms with Gasteiger partial charge in [-0.05, 0) is 73.6 Å². The van der Waals surface area contributed by atoms with Crippen LogP contribution in [-0.4, -0.2) is 43.4 Å². The second-order valence-electron chi connectivity index (χ2n) is 7.72. The van der Waals surface area contributed by atoms with Gasteiger partial charge in [0.05, 0.1) is 0 Å². The molecular weight excluding hydrogens is 379 g/mol. The molecule has 0 saturated carbocycles. The molecule has 0 aromatic heterocycles. The Morgan fingerprint density at radius 3 is 2.47 bits per heavy atom. The van der Waals surface area contributed by atoms with Gasteiger partial charge in [-0.25, -0.2) is 4.39 Å². The topological polar surface area (TPSA) is 56.7 Å². The van der Waals surface area contributed by atoms with Crippen molar-refractivity contribution in [2.24, 2.45) is 4.99 Å². The average molecular weight is 411 g/mol. The van der Waals surface area contributed by atoms with Crippen LogP contribution in [0, 0.1) is 12.7 Å². The van der Waals surface area contributed by atoms with E-state index in [1.54, 1.807) is 13.1 Å². The minimum atomic E-state index is -0.203. The zero-order chi connectivity index (χ0) is 21.3. The molecule has 0 radical (unpaired) electrons. The number of hydrogen-bond donors (Lipinski definition) is 2. The van der Waals surface area contributed by atoms with E-state index in [1.165, 1.54) is 12.5 Å². The highest BCUT2D eigenvalue weighted by molar-refractivity contribution is 5.94. The Bertz CT molecular complexity index is 873. The predicted octanol–water partition coefficient (Wildman–Crippen LogP) is 3.67. The largest absolute Gasteiger partial charge is 0.356 e. The summed E-state index contributed by atoms with van der Waals surface area (Å²) in [6, 6.07) is 12.7. The maximum atomic E-state index is 13.2. The number of rotatable bonds is 6. The van der Waals surface area contributed by atoms with Gasteiger partial charge < -0.3 is 15.5 Å². The monoisotopic (exact) mass is 410 g/mol. The summed E-state index contributed by atoms with van der Waals surface area (Å²) >= 11 is 0. The van der Waals surface area contributed by atoms with Crippen molar-refractivity contribution in [3.8, 4) is 0 Å². The minimum absolute atomic E-state index is 0.128. The van der Waals surface area contributed by atoms with E-state index >= 15 is 0 Å². The zero-order valence-corrected chi connectivity index (χ0v) is 17.9. The van der Waals surface area contributed by atoms with Crippen molar-refractivity contribution in [3.63, 3.8) is 0 Å². The molecule has 5 nitrogen and oxygen atoms in total. The Labute approximate surface area is 178 Å². The Morgan fingerprint density at radius 1 is 1.07 bits per heavy atom. The molecule has 0 unspecified atom stereocenters. The van der Waals surface area contributed by atoms with Gasteiger partial charge in [0.15, 0.2) is 5.96 Å². The van der Waals surface area contributed by atoms with Crippen LogP contribution in [-0.2, 0) is 13.0 Å². The number of piperidine rings is 1. The lowest BCUT2D eigenvalue weighted by Gasteiger charge is -2.26. The first-order valence-corrected chi connectivity index (χ1v) is 10.6. The summed E-state index contributed by atoms with van der Waals surface area (Å²) in [5.41, 5.74) is 3.91. The normalized spacial score (nSPS) is 14.5. The molecule has 0 atom stereocenters. The molecule has 1 fully saturated rings. The van der Waals surface area contributed by atoms with Gasteiger partial charge in [-0.2, -0.15) is 0 Å². The van der Waals surface area contributed by atoms with Crippen LogP contribution in [0.3, 0.4) is 0 Å². The molecule has 0 aliphatic carbocycles. The lowest BCUT2D eigenvalue weighted by atomic mass is 10.1. The molecule has 30 heavy (non-hydrogen) atoms. The van der Waals surface area contributed by atoms with Crippen molar-refractivity contribution < 1.29 is 9.18 Å². The van der Waals surface area contributed by atoms with Crippen molar-refractivity contribution in [3.05, 3.63) is 70.5 Å². The summed E-state index contributed by atoms with van der Waals surface area (Å²) in [5, 5.41) is 6.58. The third-order valence-electron chi connectivity index (χ3n) is 5.52. The summed E-state index contributed by atoms with van der Waals surface area (Å²) in [5.74, 6) is 0.635. The molecule has 2 aromatic rings. The van der Waals surface area contributed by atoms with E-state index in [2.05, 4.69) is 15.6 Å². The molecule has 0 spiro atoms. The average Bonchev–Trinajstić information content (AvgIpc) is 2.78. The number of aryl methyl sites for hydroxylation is 1. The highest BCUT2D eigenvalue weighted by Crippen LogP contribution is 2.14. The predicted molar refractivity (Wildman–Crippen MR) is 119 cm³/mol. The molecule has 2 aromatic carbocycles. The Hall–Kier alpha value is -2.89. The lowest BCUT2D eigenvalue weighted by molar-refractivity contribution is 0.0724. The molecule has 1 saturated heterocycles. The van der Waals surface area contributed by atoms with Gasteiger partial charge in [-0.3, -0.25) is 9.79 Å². The standard InChI is InChI=1S/C24H31FN4O/c1-18-16-22(25)11-10-20(18)12-13-27-24(26-2)28-17-19-6-8-21(9-7-19)23(30)29-14-4-3-5-15-29/h6-11,16H,3-5,12-15,17H2,1-2H3,(H2,26,27,28). The fourth-order valence-electron chi connectivity index (χ4n) is 3.71. The molecule has 0 bridgehead atoms. The Kier molecular flexibility index (Phi) is 7.82. The van der Waals surface area contributed by atoms with E-state index in [4.69, 9.17) is 0 Å². The second kappa shape index (κ2) is 10.8. The SMILES string of the molecule is CN=C(NCCc1ccc(F)cc1C)NCc1ccc(C(=O)N2CCCCC2)cc1. The van der Waals surface area contributed by atoms with E-state index in [1.807, 2.05) is 42.2 Å². The number of aliphatic imine (C=N–C) groups is 1. The van der Waals surface area contributed by atoms with E-state index in [9.17, 15) is 9.18 Å². The third kappa shape index (κ3) is 6.05. The molecule has 160 valence electrons. The number of benzene rings is 2. The van der Waals surface area contributed by atoms with Crippen LogP contribution in [0.5, 0.6) is 0 Å². The van der Waals surface area contributed by atoms with Crippen molar-refractivity contribution >= 4 is 11.9 Å². The first-order chi connectivity index (χ1) is 14.6. The maximum absolute atomic E-state index is 13.2. The summed E-state index contributed by atoms with van der Waals surface area (Å²) in [6.45, 7) is 4.97. The van der Waals surface area contributed by atoms with Crippen LogP contribution in [0.25, 0.3) is 0 Å². The van der Waals surface area contributed by atoms with Crippen molar-refractivity contribution in [1.29, 1.82) is 0 Å². The van der Waals surface area contributed by atoms with E-state index in [-0.39, 0.29) is 11.7 Å². The summed E-state index contributed by atoms with van der Waals surface area (Å²) < 4.78 is 13.2. The zero-order valence-electron chi connectivity index (χ0n) is 17.9. The molecule has 6 heteroatoms.